The summed E-state index contributed by atoms with van der Waals surface area (Å²) in [7, 11) is 0. The lowest BCUT2D eigenvalue weighted by Crippen LogP contribution is -2.10. The van der Waals surface area contributed by atoms with E-state index in [2.05, 4.69) is 31.2 Å². The van der Waals surface area contributed by atoms with Crippen LogP contribution in [-0.2, 0) is 0 Å². The second-order valence-electron chi connectivity index (χ2n) is 6.71. The fourth-order valence-corrected chi connectivity index (χ4v) is 3.44. The van der Waals surface area contributed by atoms with E-state index in [-0.39, 0.29) is 5.78 Å². The van der Waals surface area contributed by atoms with E-state index in [1.165, 1.54) is 42.4 Å². The molecule has 2 aromatic carbocycles. The maximum Gasteiger partial charge on any atom is 0.159 e. The van der Waals surface area contributed by atoms with Gasteiger partial charge < -0.3 is 0 Å². The first-order chi connectivity index (χ1) is 10.6. The predicted octanol–water partition coefficient (Wildman–Crippen LogP) is 5.85. The molecule has 1 heteroatoms. The standard InChI is InChI=1S/C21H24O/c1-15-3-5-18(6-4-15)20-11-13-21(14-12-20)19-9-7-17(8-10-19)16(2)22/h7-15,18H,3-6H2,1-2H3. The zero-order valence-electron chi connectivity index (χ0n) is 13.5. The molecule has 0 spiro atoms. The van der Waals surface area contributed by atoms with Crippen molar-refractivity contribution >= 4 is 5.78 Å². The highest BCUT2D eigenvalue weighted by Gasteiger charge is 2.19. The number of carbonyl (C=O) groups is 1. The van der Waals surface area contributed by atoms with Gasteiger partial charge in [-0.1, -0.05) is 68.3 Å². The molecular weight excluding hydrogens is 268 g/mol. The van der Waals surface area contributed by atoms with Gasteiger partial charge in [0.2, 0.25) is 0 Å². The quantitative estimate of drug-likeness (QED) is 0.648. The van der Waals surface area contributed by atoms with E-state index in [1.54, 1.807) is 6.92 Å². The summed E-state index contributed by atoms with van der Waals surface area (Å²) in [6.07, 6.45) is 5.37. The maximum absolute atomic E-state index is 11.3. The Hall–Kier alpha value is -1.89. The Kier molecular flexibility index (Phi) is 4.42. The van der Waals surface area contributed by atoms with E-state index in [1.807, 2.05) is 24.3 Å². The van der Waals surface area contributed by atoms with Gasteiger partial charge in [-0.05, 0) is 48.3 Å². The highest BCUT2D eigenvalue weighted by Crippen LogP contribution is 2.36. The van der Waals surface area contributed by atoms with Gasteiger partial charge in [-0.25, -0.2) is 0 Å². The molecule has 0 atom stereocenters. The molecule has 0 amide bonds. The Morgan fingerprint density at radius 2 is 1.32 bits per heavy atom. The Morgan fingerprint density at radius 1 is 0.818 bits per heavy atom. The van der Waals surface area contributed by atoms with Gasteiger partial charge in [0.15, 0.2) is 5.78 Å². The molecule has 0 N–H and O–H groups in total. The van der Waals surface area contributed by atoms with E-state index >= 15 is 0 Å². The van der Waals surface area contributed by atoms with E-state index in [0.29, 0.717) is 0 Å². The van der Waals surface area contributed by atoms with Crippen LogP contribution >= 0.6 is 0 Å². The van der Waals surface area contributed by atoms with Gasteiger partial charge in [0.1, 0.15) is 0 Å². The van der Waals surface area contributed by atoms with Gasteiger partial charge in [0, 0.05) is 5.56 Å². The molecule has 1 fully saturated rings. The van der Waals surface area contributed by atoms with Crippen LogP contribution in [0.15, 0.2) is 48.5 Å². The van der Waals surface area contributed by atoms with Crippen LogP contribution in [0, 0.1) is 5.92 Å². The number of ketones is 1. The normalized spacial score (nSPS) is 21.5. The van der Waals surface area contributed by atoms with Crippen LogP contribution in [0.1, 0.15) is 61.4 Å². The van der Waals surface area contributed by atoms with Crippen LogP contribution < -0.4 is 0 Å². The minimum Gasteiger partial charge on any atom is -0.295 e. The molecule has 0 aliphatic heterocycles. The lowest BCUT2D eigenvalue weighted by molar-refractivity contribution is 0.101. The number of benzene rings is 2. The van der Waals surface area contributed by atoms with Crippen LogP contribution in [0.25, 0.3) is 11.1 Å². The summed E-state index contributed by atoms with van der Waals surface area (Å²) in [5, 5.41) is 0. The molecule has 0 heterocycles. The molecule has 0 radical (unpaired) electrons. The predicted molar refractivity (Wildman–Crippen MR) is 92.3 cm³/mol. The maximum atomic E-state index is 11.3. The molecule has 2 aromatic rings. The highest BCUT2D eigenvalue weighted by atomic mass is 16.1. The second kappa shape index (κ2) is 6.48. The first-order valence-electron chi connectivity index (χ1n) is 8.35. The summed E-state index contributed by atoms with van der Waals surface area (Å²) in [4.78, 5) is 11.3. The Bertz CT molecular complexity index is 629. The van der Waals surface area contributed by atoms with Crippen molar-refractivity contribution in [3.63, 3.8) is 0 Å². The molecule has 1 aliphatic carbocycles. The number of hydrogen-bond donors (Lipinski definition) is 0. The van der Waals surface area contributed by atoms with Crippen LogP contribution in [0.2, 0.25) is 0 Å². The number of rotatable bonds is 3. The van der Waals surface area contributed by atoms with Crippen LogP contribution in [0.5, 0.6) is 0 Å². The van der Waals surface area contributed by atoms with Gasteiger partial charge in [0.25, 0.3) is 0 Å². The highest BCUT2D eigenvalue weighted by molar-refractivity contribution is 5.94. The Labute approximate surface area is 133 Å². The number of hydrogen-bond acceptors (Lipinski definition) is 1. The van der Waals surface area contributed by atoms with Gasteiger partial charge in [-0.2, -0.15) is 0 Å². The Morgan fingerprint density at radius 3 is 1.82 bits per heavy atom. The van der Waals surface area contributed by atoms with Crippen molar-refractivity contribution in [2.24, 2.45) is 5.92 Å². The first kappa shape index (κ1) is 15.0. The average molecular weight is 292 g/mol. The molecule has 114 valence electrons. The average Bonchev–Trinajstić information content (AvgIpc) is 2.56. The largest absolute Gasteiger partial charge is 0.295 e. The molecule has 0 saturated heterocycles. The summed E-state index contributed by atoms with van der Waals surface area (Å²) in [6.45, 7) is 3.97. The van der Waals surface area contributed by atoms with Crippen molar-refractivity contribution in [3.8, 4) is 11.1 Å². The van der Waals surface area contributed by atoms with E-state index in [9.17, 15) is 4.79 Å². The van der Waals surface area contributed by atoms with Crippen molar-refractivity contribution in [2.75, 3.05) is 0 Å². The minimum atomic E-state index is 0.119. The fourth-order valence-electron chi connectivity index (χ4n) is 3.44. The molecule has 0 bridgehead atoms. The lowest BCUT2D eigenvalue weighted by atomic mass is 9.79. The van der Waals surface area contributed by atoms with Crippen molar-refractivity contribution < 1.29 is 4.79 Å². The van der Waals surface area contributed by atoms with Gasteiger partial charge in [0.05, 0.1) is 0 Å². The summed E-state index contributed by atoms with van der Waals surface area (Å²) in [5.41, 5.74) is 4.66. The van der Waals surface area contributed by atoms with Crippen molar-refractivity contribution in [1.82, 2.24) is 0 Å². The van der Waals surface area contributed by atoms with Crippen molar-refractivity contribution in [2.45, 2.75) is 45.4 Å². The SMILES string of the molecule is CC(=O)c1ccc(-c2ccc(C3CCC(C)CC3)cc2)cc1. The minimum absolute atomic E-state index is 0.119. The zero-order chi connectivity index (χ0) is 15.5. The van der Waals surface area contributed by atoms with Crippen LogP contribution in [-0.4, -0.2) is 5.78 Å². The third-order valence-electron chi connectivity index (χ3n) is 5.02. The number of carbonyl (C=O) groups excluding carboxylic acids is 1. The smallest absolute Gasteiger partial charge is 0.159 e. The monoisotopic (exact) mass is 292 g/mol. The van der Waals surface area contributed by atoms with Crippen molar-refractivity contribution in [3.05, 3.63) is 59.7 Å². The summed E-state index contributed by atoms with van der Waals surface area (Å²) < 4.78 is 0. The molecule has 1 saturated carbocycles. The van der Waals surface area contributed by atoms with Gasteiger partial charge >= 0.3 is 0 Å². The van der Waals surface area contributed by atoms with E-state index < -0.39 is 0 Å². The van der Waals surface area contributed by atoms with E-state index in [4.69, 9.17) is 0 Å². The molecule has 3 rings (SSSR count). The van der Waals surface area contributed by atoms with E-state index in [0.717, 1.165) is 17.4 Å². The zero-order valence-corrected chi connectivity index (χ0v) is 13.5. The molecule has 1 nitrogen and oxygen atoms in total. The number of Topliss-reactive ketones (excluding diaryl/α,β-unsaturated/α-hetero) is 1. The van der Waals surface area contributed by atoms with Crippen molar-refractivity contribution in [1.29, 1.82) is 0 Å². The molecule has 0 unspecified atom stereocenters. The molecular formula is C21H24O. The molecule has 1 aliphatic rings. The molecule has 22 heavy (non-hydrogen) atoms. The summed E-state index contributed by atoms with van der Waals surface area (Å²) in [6, 6.07) is 16.9. The second-order valence-corrected chi connectivity index (χ2v) is 6.71. The third-order valence-corrected chi connectivity index (χ3v) is 5.02. The fraction of sp³-hybridized carbons (Fsp3) is 0.381. The Balaban J connectivity index is 1.75. The summed E-state index contributed by atoms with van der Waals surface area (Å²) in [5.74, 6) is 1.76. The van der Waals surface area contributed by atoms with Crippen LogP contribution in [0.4, 0.5) is 0 Å². The third kappa shape index (κ3) is 3.30. The topological polar surface area (TPSA) is 17.1 Å². The van der Waals surface area contributed by atoms with Crippen LogP contribution in [0.3, 0.4) is 0 Å². The molecule has 0 aromatic heterocycles. The first-order valence-corrected chi connectivity index (χ1v) is 8.35. The lowest BCUT2D eigenvalue weighted by Gasteiger charge is -2.26. The van der Waals surface area contributed by atoms with Gasteiger partial charge in [-0.15, -0.1) is 0 Å². The van der Waals surface area contributed by atoms with Gasteiger partial charge in [-0.3, -0.25) is 4.79 Å². The summed E-state index contributed by atoms with van der Waals surface area (Å²) >= 11 is 0.